The van der Waals surface area contributed by atoms with Gasteiger partial charge in [-0.3, -0.25) is 10.2 Å². The summed E-state index contributed by atoms with van der Waals surface area (Å²) in [6.45, 7) is 0. The Balaban J connectivity index is 1.98. The Morgan fingerprint density at radius 3 is 2.57 bits per heavy atom. The van der Waals surface area contributed by atoms with E-state index in [2.05, 4.69) is 21.4 Å². The van der Waals surface area contributed by atoms with Crippen LogP contribution in [0.15, 0.2) is 46.9 Å². The van der Waals surface area contributed by atoms with Gasteiger partial charge >= 0.3 is 0 Å². The van der Waals surface area contributed by atoms with Crippen molar-refractivity contribution in [3.63, 3.8) is 0 Å². The van der Waals surface area contributed by atoms with Gasteiger partial charge in [-0.05, 0) is 29.3 Å². The van der Waals surface area contributed by atoms with Crippen LogP contribution < -0.4 is 11.3 Å². The maximum absolute atomic E-state index is 11.4. The van der Waals surface area contributed by atoms with Crippen LogP contribution >= 0.6 is 39.3 Å². The molecule has 0 aliphatic heterocycles. The number of hydrazine groups is 1. The number of benzene rings is 2. The van der Waals surface area contributed by atoms with Gasteiger partial charge in [0.1, 0.15) is 0 Å². The average molecular weight is 386 g/mol. The van der Waals surface area contributed by atoms with Crippen molar-refractivity contribution < 1.29 is 4.79 Å². The molecule has 0 spiro atoms. The molecule has 0 bridgehead atoms. The van der Waals surface area contributed by atoms with Gasteiger partial charge < -0.3 is 0 Å². The van der Waals surface area contributed by atoms with Gasteiger partial charge in [0, 0.05) is 26.6 Å². The third kappa shape index (κ3) is 4.48. The van der Waals surface area contributed by atoms with E-state index < -0.39 is 0 Å². The van der Waals surface area contributed by atoms with E-state index >= 15 is 0 Å². The normalized spacial score (nSPS) is 10.4. The minimum absolute atomic E-state index is 0.300. The molecule has 0 aromatic heterocycles. The average Bonchev–Trinajstić information content (AvgIpc) is 2.50. The first kappa shape index (κ1) is 16.4. The van der Waals surface area contributed by atoms with Gasteiger partial charge in [-0.25, -0.2) is 5.84 Å². The molecule has 3 N–H and O–H groups in total. The fraction of sp³-hybridized carbons (Fsp3) is 0.133. The van der Waals surface area contributed by atoms with Gasteiger partial charge in [0.15, 0.2) is 0 Å². The van der Waals surface area contributed by atoms with E-state index in [9.17, 15) is 4.79 Å². The van der Waals surface area contributed by atoms with Crippen molar-refractivity contribution in [2.75, 3.05) is 0 Å². The fourth-order valence-electron chi connectivity index (χ4n) is 1.78. The number of carbonyl (C=O) groups is 1. The van der Waals surface area contributed by atoms with Crippen molar-refractivity contribution in [3.05, 3.63) is 68.7 Å². The number of hydrogen-bond acceptors (Lipinski definition) is 3. The summed E-state index contributed by atoms with van der Waals surface area (Å²) < 4.78 is 0.898. The zero-order valence-corrected chi connectivity index (χ0v) is 14.3. The van der Waals surface area contributed by atoms with Crippen molar-refractivity contribution in [1.29, 1.82) is 0 Å². The van der Waals surface area contributed by atoms with Crippen LogP contribution in [0.2, 0.25) is 5.02 Å². The largest absolute Gasteiger partial charge is 0.290 e. The molecule has 3 nitrogen and oxygen atoms in total. The van der Waals surface area contributed by atoms with Gasteiger partial charge in [0.05, 0.1) is 0 Å². The van der Waals surface area contributed by atoms with Gasteiger partial charge in [-0.1, -0.05) is 51.8 Å². The van der Waals surface area contributed by atoms with E-state index in [0.29, 0.717) is 5.56 Å². The molecule has 0 atom stereocenters. The van der Waals surface area contributed by atoms with Gasteiger partial charge in [0.2, 0.25) is 0 Å². The summed E-state index contributed by atoms with van der Waals surface area (Å²) in [6, 6.07) is 13.3. The Morgan fingerprint density at radius 1 is 1.19 bits per heavy atom. The standard InChI is InChI=1S/C15H14BrClN2OS/c16-13-7-10(15(20)19-18)5-6-11(13)8-21-9-12-3-1-2-4-14(12)17/h1-7H,8-9,18H2,(H,19,20). The van der Waals surface area contributed by atoms with Crippen LogP contribution in [0.5, 0.6) is 0 Å². The molecule has 0 aliphatic carbocycles. The highest BCUT2D eigenvalue weighted by molar-refractivity contribution is 9.10. The van der Waals surface area contributed by atoms with E-state index in [0.717, 1.165) is 32.1 Å². The molecular weight excluding hydrogens is 372 g/mol. The number of carbonyl (C=O) groups excluding carboxylic acids is 1. The molecule has 0 saturated carbocycles. The van der Waals surface area contributed by atoms with Crippen LogP contribution in [0.4, 0.5) is 0 Å². The summed E-state index contributed by atoms with van der Waals surface area (Å²) in [6.07, 6.45) is 0. The second-order valence-electron chi connectivity index (χ2n) is 4.36. The molecule has 110 valence electrons. The molecule has 2 aromatic rings. The molecule has 0 heterocycles. The molecule has 0 radical (unpaired) electrons. The lowest BCUT2D eigenvalue weighted by Gasteiger charge is -2.08. The molecule has 1 amide bonds. The van der Waals surface area contributed by atoms with Crippen LogP contribution in [0.1, 0.15) is 21.5 Å². The third-order valence-corrected chi connectivity index (χ3v) is 5.06. The fourth-order valence-corrected chi connectivity index (χ4v) is 3.81. The molecular formula is C15H14BrClN2OS. The Morgan fingerprint density at radius 2 is 1.90 bits per heavy atom. The van der Waals surface area contributed by atoms with E-state index in [1.54, 1.807) is 23.9 Å². The number of nitrogens with two attached hydrogens (primary N) is 1. The van der Waals surface area contributed by atoms with Crippen molar-refractivity contribution >= 4 is 45.2 Å². The van der Waals surface area contributed by atoms with Crippen LogP contribution in [-0.2, 0) is 11.5 Å². The van der Waals surface area contributed by atoms with Crippen LogP contribution in [-0.4, -0.2) is 5.91 Å². The predicted molar refractivity (Wildman–Crippen MR) is 92.2 cm³/mol. The van der Waals surface area contributed by atoms with E-state index in [1.165, 1.54) is 0 Å². The van der Waals surface area contributed by atoms with Crippen molar-refractivity contribution in [2.45, 2.75) is 11.5 Å². The summed E-state index contributed by atoms with van der Waals surface area (Å²) in [5.41, 5.74) is 4.90. The topological polar surface area (TPSA) is 55.1 Å². The molecule has 0 unspecified atom stereocenters. The number of rotatable bonds is 5. The minimum Gasteiger partial charge on any atom is -0.290 e. The first-order chi connectivity index (χ1) is 10.1. The second-order valence-corrected chi connectivity index (χ2v) is 6.61. The maximum Gasteiger partial charge on any atom is 0.265 e. The maximum atomic E-state index is 11.4. The molecule has 0 saturated heterocycles. The Hall–Kier alpha value is -1.01. The van der Waals surface area contributed by atoms with Crippen molar-refractivity contribution in [2.24, 2.45) is 5.84 Å². The van der Waals surface area contributed by atoms with Crippen molar-refractivity contribution in [3.8, 4) is 0 Å². The second kappa shape index (κ2) is 7.84. The van der Waals surface area contributed by atoms with E-state index in [-0.39, 0.29) is 5.91 Å². The number of nitrogens with one attached hydrogen (secondary N) is 1. The Labute approximate surface area is 141 Å². The molecule has 0 aliphatic rings. The lowest BCUT2D eigenvalue weighted by molar-refractivity contribution is 0.0953. The Kier molecular flexibility index (Phi) is 6.11. The van der Waals surface area contributed by atoms with Crippen molar-refractivity contribution in [1.82, 2.24) is 5.43 Å². The summed E-state index contributed by atoms with van der Waals surface area (Å²) in [5, 5.41) is 0.791. The van der Waals surface area contributed by atoms with Crippen LogP contribution in [0.25, 0.3) is 0 Å². The van der Waals surface area contributed by atoms with E-state index in [1.807, 2.05) is 30.3 Å². The molecule has 21 heavy (non-hydrogen) atoms. The molecule has 0 fully saturated rings. The first-order valence-corrected chi connectivity index (χ1v) is 8.55. The third-order valence-electron chi connectivity index (χ3n) is 2.92. The minimum atomic E-state index is -0.300. The highest BCUT2D eigenvalue weighted by atomic mass is 79.9. The predicted octanol–water partition coefficient (Wildman–Crippen LogP) is 4.14. The molecule has 2 aromatic carbocycles. The van der Waals surface area contributed by atoms with Gasteiger partial charge in [-0.2, -0.15) is 11.8 Å². The van der Waals surface area contributed by atoms with Crippen LogP contribution in [0.3, 0.4) is 0 Å². The number of hydrogen-bond donors (Lipinski definition) is 2. The van der Waals surface area contributed by atoms with E-state index in [4.69, 9.17) is 17.4 Å². The summed E-state index contributed by atoms with van der Waals surface area (Å²) in [5.74, 6) is 6.49. The zero-order chi connectivity index (χ0) is 15.2. The highest BCUT2D eigenvalue weighted by Gasteiger charge is 2.07. The summed E-state index contributed by atoms with van der Waals surface area (Å²) in [4.78, 5) is 11.4. The summed E-state index contributed by atoms with van der Waals surface area (Å²) in [7, 11) is 0. The van der Waals surface area contributed by atoms with Crippen LogP contribution in [0, 0.1) is 0 Å². The lowest BCUT2D eigenvalue weighted by atomic mass is 10.1. The first-order valence-electron chi connectivity index (χ1n) is 6.22. The number of thioether (sulfide) groups is 1. The van der Waals surface area contributed by atoms with Gasteiger partial charge in [-0.15, -0.1) is 0 Å². The number of nitrogen functional groups attached to an aromatic ring is 1. The highest BCUT2D eigenvalue weighted by Crippen LogP contribution is 2.27. The van der Waals surface area contributed by atoms with Gasteiger partial charge in [0.25, 0.3) is 5.91 Å². The quantitative estimate of drug-likeness (QED) is 0.462. The number of amides is 1. The molecule has 6 heteroatoms. The Bertz CT molecular complexity index is 651. The number of halogens is 2. The lowest BCUT2D eigenvalue weighted by Crippen LogP contribution is -2.29. The SMILES string of the molecule is NNC(=O)c1ccc(CSCc2ccccc2Cl)c(Br)c1. The molecule has 2 rings (SSSR count). The zero-order valence-electron chi connectivity index (χ0n) is 11.1. The monoisotopic (exact) mass is 384 g/mol. The smallest absolute Gasteiger partial charge is 0.265 e. The summed E-state index contributed by atoms with van der Waals surface area (Å²) >= 11 is 11.4.